The number of oxazole rings is 1. The first-order valence-electron chi connectivity index (χ1n) is 6.83. The van der Waals surface area contributed by atoms with Crippen LogP contribution in [0.15, 0.2) is 34.9 Å². The summed E-state index contributed by atoms with van der Waals surface area (Å²) in [5.41, 5.74) is 0.776. The average molecular weight is 290 g/mol. The maximum atomic E-state index is 12.9. The van der Waals surface area contributed by atoms with Crippen LogP contribution in [0.3, 0.4) is 0 Å². The summed E-state index contributed by atoms with van der Waals surface area (Å²) in [5, 5.41) is 8.93. The second-order valence-corrected chi connectivity index (χ2v) is 5.11. The van der Waals surface area contributed by atoms with Crippen molar-refractivity contribution in [3.63, 3.8) is 0 Å². The number of piperidine rings is 1. The molecule has 1 aliphatic heterocycles. The van der Waals surface area contributed by atoms with E-state index in [4.69, 9.17) is 9.52 Å². The van der Waals surface area contributed by atoms with Crippen molar-refractivity contribution in [2.24, 2.45) is 0 Å². The minimum Gasteiger partial charge on any atom is -0.465 e. The van der Waals surface area contributed by atoms with Gasteiger partial charge in [0, 0.05) is 24.6 Å². The van der Waals surface area contributed by atoms with Gasteiger partial charge in [-0.1, -0.05) is 0 Å². The number of benzene rings is 1. The van der Waals surface area contributed by atoms with Gasteiger partial charge in [0.2, 0.25) is 0 Å². The zero-order chi connectivity index (χ0) is 14.8. The van der Waals surface area contributed by atoms with Gasteiger partial charge in [-0.05, 0) is 37.1 Å². The summed E-state index contributed by atoms with van der Waals surface area (Å²) in [7, 11) is 0. The van der Waals surface area contributed by atoms with E-state index in [0.29, 0.717) is 37.6 Å². The number of rotatable bonds is 2. The summed E-state index contributed by atoms with van der Waals surface area (Å²) in [6.45, 7) is 0.989. The Kier molecular flexibility index (Phi) is 3.60. The van der Waals surface area contributed by atoms with Crippen LogP contribution >= 0.6 is 0 Å². The van der Waals surface area contributed by atoms with E-state index in [9.17, 15) is 9.18 Å². The molecule has 6 heteroatoms. The minimum atomic E-state index is -0.882. The van der Waals surface area contributed by atoms with E-state index < -0.39 is 6.09 Å². The van der Waals surface area contributed by atoms with Crippen molar-refractivity contribution < 1.29 is 18.7 Å². The monoisotopic (exact) mass is 290 g/mol. The topological polar surface area (TPSA) is 66.6 Å². The number of amides is 1. The molecule has 0 saturated carbocycles. The molecule has 0 aliphatic carbocycles. The van der Waals surface area contributed by atoms with Gasteiger partial charge in [0.15, 0.2) is 11.7 Å². The summed E-state index contributed by atoms with van der Waals surface area (Å²) < 4.78 is 18.6. The molecule has 0 spiro atoms. The predicted molar refractivity (Wildman–Crippen MR) is 73.5 cm³/mol. The van der Waals surface area contributed by atoms with Crippen LogP contribution in [0.4, 0.5) is 9.18 Å². The molecule has 1 aromatic heterocycles. The van der Waals surface area contributed by atoms with Crippen molar-refractivity contribution in [1.82, 2.24) is 9.88 Å². The molecule has 1 amide bonds. The standard InChI is InChI=1S/C15H15FN2O3/c16-12-3-1-10(2-4-12)13-9-17-14(21-13)11-5-7-18(8-6-11)15(19)20/h1-4,9,11H,5-8H2,(H,19,20). The Morgan fingerprint density at radius 2 is 1.95 bits per heavy atom. The number of hydrogen-bond acceptors (Lipinski definition) is 3. The Bertz CT molecular complexity index is 631. The van der Waals surface area contributed by atoms with E-state index in [-0.39, 0.29) is 11.7 Å². The van der Waals surface area contributed by atoms with E-state index in [1.54, 1.807) is 18.3 Å². The lowest BCUT2D eigenvalue weighted by Gasteiger charge is -2.28. The lowest BCUT2D eigenvalue weighted by Crippen LogP contribution is -2.36. The van der Waals surface area contributed by atoms with Crippen LogP contribution in [0.5, 0.6) is 0 Å². The fourth-order valence-electron chi connectivity index (χ4n) is 2.54. The second-order valence-electron chi connectivity index (χ2n) is 5.11. The number of carboxylic acid groups (broad SMARTS) is 1. The molecule has 1 fully saturated rings. The molecule has 21 heavy (non-hydrogen) atoms. The molecule has 110 valence electrons. The Hall–Kier alpha value is -2.37. The lowest BCUT2D eigenvalue weighted by molar-refractivity contribution is 0.129. The highest BCUT2D eigenvalue weighted by Crippen LogP contribution is 2.30. The molecule has 1 aliphatic rings. The van der Waals surface area contributed by atoms with E-state index in [2.05, 4.69) is 4.98 Å². The summed E-state index contributed by atoms with van der Waals surface area (Å²) >= 11 is 0. The molecule has 5 nitrogen and oxygen atoms in total. The van der Waals surface area contributed by atoms with Gasteiger partial charge in [-0.3, -0.25) is 0 Å². The van der Waals surface area contributed by atoms with Gasteiger partial charge < -0.3 is 14.4 Å². The fraction of sp³-hybridized carbons (Fsp3) is 0.333. The second kappa shape index (κ2) is 5.55. The van der Waals surface area contributed by atoms with Crippen molar-refractivity contribution in [2.45, 2.75) is 18.8 Å². The van der Waals surface area contributed by atoms with Crippen molar-refractivity contribution in [1.29, 1.82) is 0 Å². The molecule has 0 atom stereocenters. The fourth-order valence-corrected chi connectivity index (χ4v) is 2.54. The number of halogens is 1. The minimum absolute atomic E-state index is 0.134. The van der Waals surface area contributed by atoms with Gasteiger partial charge in [0.1, 0.15) is 5.82 Å². The Morgan fingerprint density at radius 3 is 2.57 bits per heavy atom. The Morgan fingerprint density at radius 1 is 1.29 bits per heavy atom. The Labute approximate surface area is 121 Å². The van der Waals surface area contributed by atoms with Crippen molar-refractivity contribution in [2.75, 3.05) is 13.1 Å². The largest absolute Gasteiger partial charge is 0.465 e. The van der Waals surface area contributed by atoms with Crippen LogP contribution in [0, 0.1) is 5.82 Å². The van der Waals surface area contributed by atoms with Gasteiger partial charge in [-0.2, -0.15) is 0 Å². The smallest absolute Gasteiger partial charge is 0.407 e. The molecular formula is C15H15FN2O3. The summed E-state index contributed by atoms with van der Waals surface area (Å²) in [5.74, 6) is 1.07. The average Bonchev–Trinajstić information content (AvgIpc) is 2.98. The summed E-state index contributed by atoms with van der Waals surface area (Å²) in [4.78, 5) is 16.6. The van der Waals surface area contributed by atoms with Crippen LogP contribution in [-0.4, -0.2) is 34.2 Å². The molecule has 2 aromatic rings. The summed E-state index contributed by atoms with van der Waals surface area (Å²) in [6, 6.07) is 6.05. The highest BCUT2D eigenvalue weighted by atomic mass is 19.1. The van der Waals surface area contributed by atoms with Crippen LogP contribution in [-0.2, 0) is 0 Å². The van der Waals surface area contributed by atoms with Crippen molar-refractivity contribution in [3.05, 3.63) is 42.2 Å². The van der Waals surface area contributed by atoms with Crippen LogP contribution in [0.1, 0.15) is 24.7 Å². The zero-order valence-electron chi connectivity index (χ0n) is 11.3. The van der Waals surface area contributed by atoms with Crippen LogP contribution in [0.2, 0.25) is 0 Å². The number of hydrogen-bond donors (Lipinski definition) is 1. The van der Waals surface area contributed by atoms with E-state index in [1.165, 1.54) is 17.0 Å². The molecule has 1 N–H and O–H groups in total. The highest BCUT2D eigenvalue weighted by Gasteiger charge is 2.26. The lowest BCUT2D eigenvalue weighted by atomic mass is 9.97. The zero-order valence-corrected chi connectivity index (χ0v) is 11.3. The van der Waals surface area contributed by atoms with Crippen molar-refractivity contribution in [3.8, 4) is 11.3 Å². The SMILES string of the molecule is O=C(O)N1CCC(c2ncc(-c3ccc(F)cc3)o2)CC1. The number of carbonyl (C=O) groups is 1. The van der Waals surface area contributed by atoms with Gasteiger partial charge in [0.05, 0.1) is 6.20 Å². The normalized spacial score (nSPS) is 16.1. The Balaban J connectivity index is 1.71. The van der Waals surface area contributed by atoms with Crippen molar-refractivity contribution >= 4 is 6.09 Å². The predicted octanol–water partition coefficient (Wildman–Crippen LogP) is 3.34. The molecule has 0 radical (unpaired) electrons. The van der Waals surface area contributed by atoms with Gasteiger partial charge in [-0.25, -0.2) is 14.2 Å². The molecular weight excluding hydrogens is 275 g/mol. The third kappa shape index (κ3) is 2.89. The van der Waals surface area contributed by atoms with Gasteiger partial charge in [0.25, 0.3) is 0 Å². The van der Waals surface area contributed by atoms with Crippen LogP contribution < -0.4 is 0 Å². The third-order valence-corrected chi connectivity index (χ3v) is 3.77. The third-order valence-electron chi connectivity index (χ3n) is 3.77. The molecule has 0 bridgehead atoms. The van der Waals surface area contributed by atoms with E-state index in [1.807, 2.05) is 0 Å². The number of aromatic nitrogens is 1. The quantitative estimate of drug-likeness (QED) is 0.921. The first-order chi connectivity index (χ1) is 10.1. The first kappa shape index (κ1) is 13.6. The van der Waals surface area contributed by atoms with Gasteiger partial charge in [-0.15, -0.1) is 0 Å². The highest BCUT2D eigenvalue weighted by molar-refractivity contribution is 5.65. The molecule has 1 saturated heterocycles. The maximum Gasteiger partial charge on any atom is 0.407 e. The molecule has 3 rings (SSSR count). The van der Waals surface area contributed by atoms with E-state index in [0.717, 1.165) is 5.56 Å². The number of nitrogens with zero attached hydrogens (tertiary/aromatic N) is 2. The molecule has 2 heterocycles. The maximum absolute atomic E-state index is 12.9. The van der Waals surface area contributed by atoms with E-state index >= 15 is 0 Å². The summed E-state index contributed by atoms with van der Waals surface area (Å²) in [6.07, 6.45) is 2.16. The first-order valence-corrected chi connectivity index (χ1v) is 6.83. The van der Waals surface area contributed by atoms with Crippen LogP contribution in [0.25, 0.3) is 11.3 Å². The number of likely N-dealkylation sites (tertiary alicyclic amines) is 1. The molecule has 0 unspecified atom stereocenters. The molecule has 1 aromatic carbocycles. The van der Waals surface area contributed by atoms with Gasteiger partial charge >= 0.3 is 6.09 Å².